The van der Waals surface area contributed by atoms with Gasteiger partial charge < -0.3 is 30.9 Å². The molecule has 0 unspecified atom stereocenters. The Labute approximate surface area is 775 Å². The highest BCUT2D eigenvalue weighted by Gasteiger charge is 2.31. The highest BCUT2D eigenvalue weighted by Crippen LogP contribution is 2.39. The van der Waals surface area contributed by atoms with E-state index in [0.717, 1.165) is 89.4 Å². The van der Waals surface area contributed by atoms with Gasteiger partial charge in [0.05, 0.1) is 108 Å². The van der Waals surface area contributed by atoms with Crippen molar-refractivity contribution in [3.05, 3.63) is 302 Å². The minimum Gasteiger partial charge on any atom is -0.378 e. The lowest BCUT2D eigenvalue weighted by Gasteiger charge is -2.30. The van der Waals surface area contributed by atoms with Crippen LogP contribution >= 0.6 is 58.0 Å². The van der Waals surface area contributed by atoms with Crippen LogP contribution in [-0.4, -0.2) is 153 Å². The molecule has 668 valence electrons. The first-order chi connectivity index (χ1) is 61.9. The summed E-state index contributed by atoms with van der Waals surface area (Å²) in [5.41, 5.74) is 15.0. The first-order valence-corrected chi connectivity index (χ1v) is 49.9. The monoisotopic (exact) mass is 1910 g/mol. The van der Waals surface area contributed by atoms with Crippen LogP contribution in [0.1, 0.15) is 104 Å². The van der Waals surface area contributed by atoms with E-state index in [-0.39, 0.29) is 46.6 Å². The van der Waals surface area contributed by atoms with Gasteiger partial charge in [-0.2, -0.15) is 0 Å². The number of hydrogen-bond donors (Lipinski definition) is 4. The predicted octanol–water partition coefficient (Wildman–Crippen LogP) is 19.4. The number of carbonyl (C=O) groups excluding carboxylic acids is 4. The number of nitrogens with one attached hydrogen (secondary N) is 4. The summed E-state index contributed by atoms with van der Waals surface area (Å²) in [6.07, 6.45) is 12.9. The molecule has 0 radical (unpaired) electrons. The molecular weight excluding hydrogens is 1820 g/mol. The average Bonchev–Trinajstić information content (AvgIpc) is 0.744. The molecule has 0 aliphatic carbocycles. The van der Waals surface area contributed by atoms with Gasteiger partial charge in [-0.05, 0) is 283 Å². The molecule has 4 amide bonds. The van der Waals surface area contributed by atoms with E-state index in [0.29, 0.717) is 169 Å². The molecule has 5 fully saturated rings. The second-order valence-corrected chi connectivity index (χ2v) is 41.1. The van der Waals surface area contributed by atoms with Crippen LogP contribution in [0.2, 0.25) is 25.1 Å². The van der Waals surface area contributed by atoms with Gasteiger partial charge in [0.15, 0.2) is 0 Å². The number of sulfonamides is 4. The van der Waals surface area contributed by atoms with E-state index in [4.69, 9.17) is 62.7 Å². The number of amides is 4. The van der Waals surface area contributed by atoms with E-state index < -0.39 is 40.1 Å². The summed E-state index contributed by atoms with van der Waals surface area (Å²) in [5.74, 6) is -0.594. The van der Waals surface area contributed by atoms with Gasteiger partial charge in [0, 0.05) is 136 Å². The Hall–Kier alpha value is -11.6. The van der Waals surface area contributed by atoms with E-state index in [1.165, 1.54) is 17.2 Å². The second kappa shape index (κ2) is 41.9. The molecule has 4 aromatic heterocycles. The number of pyridine rings is 4. The van der Waals surface area contributed by atoms with Gasteiger partial charge in [0.25, 0.3) is 23.6 Å². The lowest BCUT2D eigenvalue weighted by atomic mass is 10.1. The number of benzene rings is 8. The fourth-order valence-corrected chi connectivity index (χ4v) is 22.5. The van der Waals surface area contributed by atoms with Crippen LogP contribution in [0.4, 0.5) is 51.2 Å². The van der Waals surface area contributed by atoms with Gasteiger partial charge >= 0.3 is 0 Å². The molecule has 0 bridgehead atoms. The van der Waals surface area contributed by atoms with Crippen molar-refractivity contribution in [2.24, 2.45) is 0 Å². The maximum absolute atomic E-state index is 13.0. The van der Waals surface area contributed by atoms with Crippen LogP contribution in [0.15, 0.2) is 243 Å². The summed E-state index contributed by atoms with van der Waals surface area (Å²) in [7, 11) is -13.2. The van der Waals surface area contributed by atoms with Crippen LogP contribution in [0, 0.1) is 13.8 Å². The van der Waals surface area contributed by atoms with Crippen molar-refractivity contribution in [2.75, 3.05) is 119 Å². The predicted molar refractivity (Wildman–Crippen MR) is 515 cm³/mol. The Morgan fingerprint density at radius 1 is 0.326 bits per heavy atom. The Bertz CT molecular complexity index is 6400. The third kappa shape index (κ3) is 23.7. The molecular formula is C94H90Cl5N13O13S4. The molecule has 8 aromatic carbocycles. The molecule has 17 rings (SSSR count). The van der Waals surface area contributed by atoms with Gasteiger partial charge in [0.2, 0.25) is 40.1 Å². The minimum atomic E-state index is -3.30. The van der Waals surface area contributed by atoms with Crippen LogP contribution in [0.25, 0.3) is 45.0 Å². The largest absolute Gasteiger partial charge is 0.378 e. The molecule has 26 nitrogen and oxygen atoms in total. The van der Waals surface area contributed by atoms with Crippen LogP contribution < -0.4 is 43.4 Å². The second-order valence-electron chi connectivity index (χ2n) is 30.9. The van der Waals surface area contributed by atoms with Gasteiger partial charge in [-0.15, -0.1) is 0 Å². The maximum Gasteiger partial charge on any atom is 0.255 e. The number of anilines is 9. The number of halogens is 5. The lowest BCUT2D eigenvalue weighted by Crippen LogP contribution is -2.37. The Balaban J connectivity index is 0.000000139. The van der Waals surface area contributed by atoms with Crippen LogP contribution in [0.5, 0.6) is 0 Å². The van der Waals surface area contributed by atoms with E-state index in [2.05, 4.69) is 46.1 Å². The number of rotatable bonds is 17. The summed E-state index contributed by atoms with van der Waals surface area (Å²) in [5, 5.41) is 14.1. The zero-order valence-corrected chi connectivity index (χ0v) is 77.1. The van der Waals surface area contributed by atoms with Gasteiger partial charge in [-0.3, -0.25) is 56.3 Å². The highest BCUT2D eigenvalue weighted by molar-refractivity contribution is 7.93. The van der Waals surface area contributed by atoms with Crippen molar-refractivity contribution in [3.63, 3.8) is 0 Å². The fraction of sp³-hybridized carbons (Fsp3) is 0.234. The first-order valence-electron chi connectivity index (χ1n) is 41.5. The van der Waals surface area contributed by atoms with Gasteiger partial charge in [-0.25, -0.2) is 33.7 Å². The lowest BCUT2D eigenvalue weighted by molar-refractivity contribution is 0.101. The molecule has 5 aliphatic heterocycles. The quantitative estimate of drug-likeness (QED) is 0.0658. The zero-order valence-electron chi connectivity index (χ0n) is 70.1. The van der Waals surface area contributed by atoms with Crippen molar-refractivity contribution in [1.82, 2.24) is 19.9 Å². The molecule has 0 spiro atoms. The van der Waals surface area contributed by atoms with Crippen molar-refractivity contribution in [2.45, 2.75) is 65.2 Å². The number of aromatic nitrogens is 4. The molecule has 35 heteroatoms. The van der Waals surface area contributed by atoms with Crippen molar-refractivity contribution < 1.29 is 57.6 Å². The maximum atomic E-state index is 13.0. The molecule has 4 N–H and O–H groups in total. The average molecular weight is 1920 g/mol. The summed E-state index contributed by atoms with van der Waals surface area (Å²) in [4.78, 5) is 71.0. The number of carbonyl (C=O) groups is 4. The number of morpholine rings is 1. The van der Waals surface area contributed by atoms with E-state index in [9.17, 15) is 52.8 Å². The van der Waals surface area contributed by atoms with Gasteiger partial charge in [0.1, 0.15) is 0 Å². The molecule has 9 heterocycles. The normalized spacial score (nSPS) is 16.1. The molecule has 5 saturated heterocycles. The number of hydrogen-bond acceptors (Lipinski definition) is 18. The number of aryl methyl sites for hydroxylation is 2. The number of nitrogens with zero attached hydrogens (tertiary/aromatic N) is 9. The van der Waals surface area contributed by atoms with Gasteiger partial charge in [-0.1, -0.05) is 70.1 Å². The molecule has 0 atom stereocenters. The van der Waals surface area contributed by atoms with Crippen LogP contribution in [-0.2, 0) is 44.8 Å². The fourth-order valence-electron chi connectivity index (χ4n) is 14.9. The Kier molecular flexibility index (Phi) is 30.4. The van der Waals surface area contributed by atoms with Crippen LogP contribution in [0.3, 0.4) is 0 Å². The van der Waals surface area contributed by atoms with Crippen molar-refractivity contribution >= 4 is 173 Å². The third-order valence-electron chi connectivity index (χ3n) is 21.7. The topological polar surface area (TPSA) is 330 Å². The molecule has 0 saturated carbocycles. The summed E-state index contributed by atoms with van der Waals surface area (Å²) >= 11 is 31.6. The van der Waals surface area contributed by atoms with Crippen molar-refractivity contribution in [1.29, 1.82) is 0 Å². The zero-order chi connectivity index (χ0) is 91.2. The molecule has 5 aliphatic rings. The SMILES string of the molecule is Cc1ccc(-c2cc(NC(=O)c3ccc(N4CCCCS4(=O)=O)cc3)ccc2Cl)nc1.Cc1ccc(-c2cc(NC(=O)c3ccc(N4CCCCS4(=O)=O)cc3)ccc2Cl)nc1.O=C(Nc1ccc(Cl)c(-c2cc(Cl)ccn2)c1)c1ccc(N2CCCCS2(=O)=O)cc1.O=C(Nc1ccc(Cl)c(-c2ncccc2N2CCOCC2)c1)c1ccc(N2CCCCS2(=O)=O)cc1. The summed E-state index contributed by atoms with van der Waals surface area (Å²) < 4.78 is 109. The van der Waals surface area contributed by atoms with E-state index in [1.54, 1.807) is 201 Å². The molecule has 12 aromatic rings. The first kappa shape index (κ1) is 93.6. The minimum absolute atomic E-state index is 0.148. The Morgan fingerprint density at radius 3 is 0.953 bits per heavy atom. The third-order valence-corrected chi connectivity index (χ3v) is 30.8. The standard InChI is InChI=1S/C26H27ClN4O4S.2C23H22ClN3O3S.C22H19Cl2N3O3S/c27-23-10-7-20(18-22(23)25-24(4-3-11-28-25)30-13-15-35-16-14-30)29-26(32)19-5-8-21(9-6-19)31-12-1-2-17-36(31,33)34;2*1-16-4-11-22(25-15-16)20-14-18(7-10-21(20)24)26-23(28)17-5-8-19(9-6-17)27-12-2-3-13-31(27,29)30;23-16-9-10-25-21(13-16)19-14-17(5-8-20(19)24)26-22(28)15-3-6-18(7-4-15)27-11-1-2-12-31(27,29)30/h3-11,18H,1-2,12-17H2,(H,29,32);2*4-11,14-15H,2-3,12-13H2,1H3,(H,26,28);3-10,13-14H,1-2,11-12H2,(H,26,28). The Morgan fingerprint density at radius 2 is 0.643 bits per heavy atom. The number of ether oxygens (including phenoxy) is 1. The highest BCUT2D eigenvalue weighted by atomic mass is 35.5. The van der Waals surface area contributed by atoms with E-state index in [1.807, 2.05) is 56.3 Å². The molecule has 129 heavy (non-hydrogen) atoms. The summed E-state index contributed by atoms with van der Waals surface area (Å²) in [6.45, 7) is 8.61. The van der Waals surface area contributed by atoms with E-state index >= 15 is 0 Å². The summed E-state index contributed by atoms with van der Waals surface area (Å²) in [6, 6.07) is 62.2. The smallest absolute Gasteiger partial charge is 0.255 e. The van der Waals surface area contributed by atoms with Crippen molar-refractivity contribution in [3.8, 4) is 45.0 Å².